The molecule has 0 N–H and O–H groups in total. The van der Waals surface area contributed by atoms with E-state index < -0.39 is 15.6 Å². The molecule has 0 aromatic heterocycles. The lowest BCUT2D eigenvalue weighted by Crippen LogP contribution is -2.44. The Morgan fingerprint density at radius 2 is 1.86 bits per heavy atom. The molecule has 2 rings (SSSR count). The summed E-state index contributed by atoms with van der Waals surface area (Å²) in [5.41, 5.74) is 1.73. The summed E-state index contributed by atoms with van der Waals surface area (Å²) in [4.78, 5) is 0.361. The van der Waals surface area contributed by atoms with Crippen molar-refractivity contribution < 1.29 is 17.9 Å². The molecule has 0 unspecified atom stereocenters. The molecule has 0 amide bonds. The number of rotatable bonds is 3. The predicted octanol–water partition coefficient (Wildman–Crippen LogP) is 2.38. The molecule has 6 heteroatoms. The van der Waals surface area contributed by atoms with Crippen molar-refractivity contribution >= 4 is 10.0 Å². The predicted molar refractivity (Wildman–Crippen MR) is 81.1 cm³/mol. The van der Waals surface area contributed by atoms with E-state index in [0.29, 0.717) is 22.8 Å². The van der Waals surface area contributed by atoms with E-state index in [9.17, 15) is 8.42 Å². The minimum atomic E-state index is -3.60. The first-order chi connectivity index (χ1) is 9.63. The average Bonchev–Trinajstić information content (AvgIpc) is 2.74. The van der Waals surface area contributed by atoms with Crippen LogP contribution < -0.4 is 4.74 Å². The Bertz CT molecular complexity index is 665. The number of methoxy groups -OCH3 is 1. The fraction of sp³-hybridized carbons (Fsp3) is 0.600. The van der Waals surface area contributed by atoms with Gasteiger partial charge in [-0.15, -0.1) is 0 Å². The van der Waals surface area contributed by atoms with Gasteiger partial charge in [0.25, 0.3) is 0 Å². The third-order valence-electron chi connectivity index (χ3n) is 4.09. The highest BCUT2D eigenvalue weighted by Crippen LogP contribution is 2.36. The van der Waals surface area contributed by atoms with Crippen molar-refractivity contribution in [3.63, 3.8) is 0 Å². The lowest BCUT2D eigenvalue weighted by Gasteiger charge is -2.29. The molecular formula is C15H23NO4S. The van der Waals surface area contributed by atoms with Crippen LogP contribution in [0.5, 0.6) is 5.75 Å². The molecule has 118 valence electrons. The molecular weight excluding hydrogens is 290 g/mol. The minimum absolute atomic E-state index is 0.0965. The maximum atomic E-state index is 13.0. The zero-order chi connectivity index (χ0) is 16.0. The van der Waals surface area contributed by atoms with Crippen molar-refractivity contribution in [2.45, 2.75) is 45.1 Å². The normalized spacial score (nSPS) is 19.0. The van der Waals surface area contributed by atoms with E-state index in [1.807, 2.05) is 27.7 Å². The third kappa shape index (κ3) is 2.56. The molecule has 21 heavy (non-hydrogen) atoms. The lowest BCUT2D eigenvalue weighted by atomic mass is 10.1. The number of nitrogens with zero attached hydrogens (tertiary/aromatic N) is 1. The zero-order valence-electron chi connectivity index (χ0n) is 13.5. The average molecular weight is 313 g/mol. The number of aryl methyl sites for hydroxylation is 1. The Hall–Kier alpha value is -1.11. The van der Waals surface area contributed by atoms with Crippen LogP contribution in [0.2, 0.25) is 0 Å². The lowest BCUT2D eigenvalue weighted by molar-refractivity contribution is 0.171. The number of hydrogen-bond donors (Lipinski definition) is 0. The van der Waals surface area contributed by atoms with Crippen molar-refractivity contribution in [1.82, 2.24) is 4.31 Å². The zero-order valence-corrected chi connectivity index (χ0v) is 14.3. The van der Waals surface area contributed by atoms with Crippen LogP contribution in [0.25, 0.3) is 0 Å². The highest BCUT2D eigenvalue weighted by atomic mass is 32.2. The topological polar surface area (TPSA) is 55.8 Å². The Morgan fingerprint density at radius 3 is 2.33 bits per heavy atom. The van der Waals surface area contributed by atoms with E-state index in [-0.39, 0.29) is 6.73 Å². The Labute approximate surface area is 126 Å². The second kappa shape index (κ2) is 5.26. The molecule has 1 aliphatic rings. The molecule has 0 spiro atoms. The molecule has 5 nitrogen and oxygen atoms in total. The largest absolute Gasteiger partial charge is 0.496 e. The quantitative estimate of drug-likeness (QED) is 0.860. The molecule has 1 saturated heterocycles. The summed E-state index contributed by atoms with van der Waals surface area (Å²) in [5, 5.41) is 0. The molecule has 0 aliphatic carbocycles. The summed E-state index contributed by atoms with van der Waals surface area (Å²) in [6, 6.07) is 1.78. The van der Waals surface area contributed by atoms with E-state index in [0.717, 1.165) is 11.1 Å². The van der Waals surface area contributed by atoms with Crippen LogP contribution in [0.15, 0.2) is 11.0 Å². The van der Waals surface area contributed by atoms with Gasteiger partial charge in [0.2, 0.25) is 10.0 Å². The van der Waals surface area contributed by atoms with Crippen LogP contribution in [-0.2, 0) is 14.8 Å². The van der Waals surface area contributed by atoms with Gasteiger partial charge in [-0.05, 0) is 57.4 Å². The number of hydrogen-bond acceptors (Lipinski definition) is 4. The van der Waals surface area contributed by atoms with Crippen molar-refractivity contribution in [1.29, 1.82) is 0 Å². The van der Waals surface area contributed by atoms with Crippen molar-refractivity contribution in [2.75, 3.05) is 20.4 Å². The van der Waals surface area contributed by atoms with E-state index in [4.69, 9.17) is 9.47 Å². The SMILES string of the molecule is COc1cc(C)c(S(=O)(=O)N2COCC2(C)C)c(C)c1C. The molecule has 1 aromatic carbocycles. The van der Waals surface area contributed by atoms with E-state index in [1.165, 1.54) is 4.31 Å². The Kier molecular flexibility index (Phi) is 4.08. The van der Waals surface area contributed by atoms with Crippen LogP contribution in [0.4, 0.5) is 0 Å². The fourth-order valence-corrected chi connectivity index (χ4v) is 4.90. The second-order valence-corrected chi connectivity index (χ2v) is 7.92. The van der Waals surface area contributed by atoms with Gasteiger partial charge in [0.15, 0.2) is 0 Å². The third-order valence-corrected chi connectivity index (χ3v) is 6.41. The van der Waals surface area contributed by atoms with Gasteiger partial charge < -0.3 is 9.47 Å². The molecule has 1 aromatic rings. The molecule has 0 atom stereocenters. The van der Waals surface area contributed by atoms with Gasteiger partial charge in [-0.3, -0.25) is 0 Å². The van der Waals surface area contributed by atoms with Gasteiger partial charge in [-0.2, -0.15) is 4.31 Å². The van der Waals surface area contributed by atoms with Crippen molar-refractivity contribution in [3.05, 3.63) is 22.8 Å². The van der Waals surface area contributed by atoms with Crippen LogP contribution in [-0.4, -0.2) is 38.7 Å². The van der Waals surface area contributed by atoms with Gasteiger partial charge in [-0.1, -0.05) is 0 Å². The first-order valence-corrected chi connectivity index (χ1v) is 8.32. The summed E-state index contributed by atoms with van der Waals surface area (Å²) in [6.45, 7) is 9.74. The highest BCUT2D eigenvalue weighted by Gasteiger charge is 2.43. The van der Waals surface area contributed by atoms with Gasteiger partial charge in [-0.25, -0.2) is 8.42 Å². The van der Waals surface area contributed by atoms with E-state index >= 15 is 0 Å². The fourth-order valence-electron chi connectivity index (χ4n) is 2.76. The second-order valence-electron chi connectivity index (χ2n) is 6.12. The molecule has 1 heterocycles. The summed E-state index contributed by atoms with van der Waals surface area (Å²) in [6.07, 6.45) is 0. The summed E-state index contributed by atoms with van der Waals surface area (Å²) >= 11 is 0. The van der Waals surface area contributed by atoms with Gasteiger partial charge in [0.1, 0.15) is 12.5 Å². The van der Waals surface area contributed by atoms with Crippen LogP contribution >= 0.6 is 0 Å². The highest BCUT2D eigenvalue weighted by molar-refractivity contribution is 7.89. The summed E-state index contributed by atoms with van der Waals surface area (Å²) in [7, 11) is -2.01. The standard InChI is InChI=1S/C15H23NO4S/c1-10-7-13(19-6)11(2)12(3)14(10)21(17,18)16-9-20-8-15(16,4)5/h7H,8-9H2,1-6H3. The first kappa shape index (κ1) is 16.3. The molecule has 0 bridgehead atoms. The smallest absolute Gasteiger partial charge is 0.246 e. The van der Waals surface area contributed by atoms with E-state index in [1.54, 1.807) is 20.1 Å². The number of ether oxygens (including phenoxy) is 2. The van der Waals surface area contributed by atoms with Gasteiger partial charge >= 0.3 is 0 Å². The Morgan fingerprint density at radius 1 is 1.24 bits per heavy atom. The van der Waals surface area contributed by atoms with Gasteiger partial charge in [0, 0.05) is 0 Å². The molecule has 1 fully saturated rings. The maximum absolute atomic E-state index is 13.0. The first-order valence-electron chi connectivity index (χ1n) is 6.88. The minimum Gasteiger partial charge on any atom is -0.496 e. The summed E-state index contributed by atoms with van der Waals surface area (Å²) in [5.74, 6) is 0.709. The molecule has 0 saturated carbocycles. The molecule has 1 aliphatic heterocycles. The van der Waals surface area contributed by atoms with E-state index in [2.05, 4.69) is 0 Å². The van der Waals surface area contributed by atoms with Crippen molar-refractivity contribution in [2.24, 2.45) is 0 Å². The number of sulfonamides is 1. The molecule has 0 radical (unpaired) electrons. The summed E-state index contributed by atoms with van der Waals surface area (Å²) < 4.78 is 38.2. The van der Waals surface area contributed by atoms with Gasteiger partial charge in [0.05, 0.1) is 24.2 Å². The van der Waals surface area contributed by atoms with Crippen molar-refractivity contribution in [3.8, 4) is 5.75 Å². The Balaban J connectivity index is 2.64. The number of benzene rings is 1. The van der Waals surface area contributed by atoms with Crippen LogP contribution in [0.1, 0.15) is 30.5 Å². The van der Waals surface area contributed by atoms with Crippen LogP contribution in [0.3, 0.4) is 0 Å². The maximum Gasteiger partial charge on any atom is 0.246 e. The van der Waals surface area contributed by atoms with Crippen LogP contribution in [0, 0.1) is 20.8 Å². The monoisotopic (exact) mass is 313 g/mol.